The van der Waals surface area contributed by atoms with Crippen LogP contribution >= 0.6 is 11.6 Å². The SMILES string of the molecule is O=C(COc1ccc(Cl)cc1)N/N=C\c1ccccc1OC(=O)c1cccc2ccccc12. The molecule has 4 aromatic carbocycles. The Morgan fingerprint density at radius 2 is 1.61 bits per heavy atom. The first-order chi connectivity index (χ1) is 16.1. The number of hydrogen-bond acceptors (Lipinski definition) is 5. The largest absolute Gasteiger partial charge is 0.484 e. The van der Waals surface area contributed by atoms with Crippen LogP contribution in [-0.2, 0) is 4.79 Å². The Morgan fingerprint density at radius 3 is 2.45 bits per heavy atom. The molecular weight excluding hydrogens is 440 g/mol. The molecule has 1 N–H and O–H groups in total. The summed E-state index contributed by atoms with van der Waals surface area (Å²) in [4.78, 5) is 24.8. The predicted molar refractivity (Wildman–Crippen MR) is 128 cm³/mol. The summed E-state index contributed by atoms with van der Waals surface area (Å²) in [6.07, 6.45) is 1.41. The Hall–Kier alpha value is -4.16. The molecule has 0 saturated heterocycles. The highest BCUT2D eigenvalue weighted by molar-refractivity contribution is 6.30. The molecule has 0 spiro atoms. The number of para-hydroxylation sites is 1. The second-order valence-electron chi connectivity index (χ2n) is 6.99. The average molecular weight is 459 g/mol. The summed E-state index contributed by atoms with van der Waals surface area (Å²) in [5, 5.41) is 6.28. The van der Waals surface area contributed by atoms with Gasteiger partial charge in [-0.3, -0.25) is 4.79 Å². The second kappa shape index (κ2) is 10.4. The van der Waals surface area contributed by atoms with Gasteiger partial charge >= 0.3 is 5.97 Å². The van der Waals surface area contributed by atoms with Crippen molar-refractivity contribution in [2.45, 2.75) is 0 Å². The molecule has 4 aromatic rings. The molecule has 7 heteroatoms. The zero-order valence-electron chi connectivity index (χ0n) is 17.4. The van der Waals surface area contributed by atoms with Crippen molar-refractivity contribution in [1.82, 2.24) is 5.43 Å². The highest BCUT2D eigenvalue weighted by Gasteiger charge is 2.14. The molecule has 0 radical (unpaired) electrons. The summed E-state index contributed by atoms with van der Waals surface area (Å²) in [5.41, 5.74) is 3.39. The molecule has 1 amide bonds. The average Bonchev–Trinajstić information content (AvgIpc) is 2.84. The van der Waals surface area contributed by atoms with Gasteiger partial charge in [0.05, 0.1) is 11.8 Å². The molecule has 33 heavy (non-hydrogen) atoms. The van der Waals surface area contributed by atoms with E-state index in [1.165, 1.54) is 6.21 Å². The Morgan fingerprint density at radius 1 is 0.879 bits per heavy atom. The van der Waals surface area contributed by atoms with Crippen LogP contribution in [0, 0.1) is 0 Å². The number of amides is 1. The maximum Gasteiger partial charge on any atom is 0.344 e. The van der Waals surface area contributed by atoms with Crippen molar-refractivity contribution in [2.75, 3.05) is 6.61 Å². The maximum atomic E-state index is 12.8. The summed E-state index contributed by atoms with van der Waals surface area (Å²) in [5.74, 6) is -0.0745. The molecule has 4 rings (SSSR count). The van der Waals surface area contributed by atoms with Gasteiger partial charge in [0.2, 0.25) is 0 Å². The predicted octanol–water partition coefficient (Wildman–Crippen LogP) is 5.24. The van der Waals surface area contributed by atoms with E-state index in [0.717, 1.165) is 10.8 Å². The van der Waals surface area contributed by atoms with Gasteiger partial charge in [-0.25, -0.2) is 10.2 Å². The maximum absolute atomic E-state index is 12.8. The minimum atomic E-state index is -0.479. The van der Waals surface area contributed by atoms with Crippen LogP contribution in [-0.4, -0.2) is 24.7 Å². The minimum absolute atomic E-state index is 0.212. The molecule has 0 heterocycles. The topological polar surface area (TPSA) is 77.0 Å². The van der Waals surface area contributed by atoms with E-state index in [0.29, 0.717) is 27.6 Å². The number of benzene rings is 4. The second-order valence-corrected chi connectivity index (χ2v) is 7.43. The van der Waals surface area contributed by atoms with Crippen LogP contribution in [0.1, 0.15) is 15.9 Å². The fraction of sp³-hybridized carbons (Fsp3) is 0.0385. The van der Waals surface area contributed by atoms with Gasteiger partial charge in [0.15, 0.2) is 6.61 Å². The van der Waals surface area contributed by atoms with Crippen LogP contribution in [0.2, 0.25) is 5.02 Å². The van der Waals surface area contributed by atoms with Gasteiger partial charge in [-0.05, 0) is 53.2 Å². The van der Waals surface area contributed by atoms with Crippen molar-refractivity contribution in [3.63, 3.8) is 0 Å². The van der Waals surface area contributed by atoms with E-state index < -0.39 is 11.9 Å². The summed E-state index contributed by atoms with van der Waals surface area (Å²) in [7, 11) is 0. The number of hydrazone groups is 1. The van der Waals surface area contributed by atoms with E-state index in [-0.39, 0.29) is 6.61 Å². The Kier molecular flexibility index (Phi) is 6.97. The highest BCUT2D eigenvalue weighted by Crippen LogP contribution is 2.22. The van der Waals surface area contributed by atoms with Gasteiger partial charge in [-0.1, -0.05) is 60.1 Å². The van der Waals surface area contributed by atoms with E-state index in [1.54, 1.807) is 54.6 Å². The molecule has 0 aliphatic rings. The number of nitrogens with one attached hydrogen (secondary N) is 1. The van der Waals surface area contributed by atoms with Crippen LogP contribution in [0.25, 0.3) is 10.8 Å². The molecule has 164 valence electrons. The summed E-state index contributed by atoms with van der Waals surface area (Å²) >= 11 is 5.82. The van der Waals surface area contributed by atoms with Crippen LogP contribution in [0.15, 0.2) is 96.1 Å². The normalized spacial score (nSPS) is 10.8. The van der Waals surface area contributed by atoms with Crippen molar-refractivity contribution < 1.29 is 19.1 Å². The van der Waals surface area contributed by atoms with Crippen molar-refractivity contribution >= 4 is 40.5 Å². The van der Waals surface area contributed by atoms with E-state index in [4.69, 9.17) is 21.1 Å². The lowest BCUT2D eigenvalue weighted by molar-refractivity contribution is -0.123. The van der Waals surface area contributed by atoms with Crippen LogP contribution < -0.4 is 14.9 Å². The lowest BCUT2D eigenvalue weighted by Crippen LogP contribution is -2.24. The van der Waals surface area contributed by atoms with Crippen molar-refractivity contribution in [3.8, 4) is 11.5 Å². The molecular formula is C26H19ClN2O4. The van der Waals surface area contributed by atoms with Gasteiger partial charge in [0.25, 0.3) is 5.91 Å². The fourth-order valence-corrected chi connectivity index (χ4v) is 3.25. The number of carbonyl (C=O) groups excluding carboxylic acids is 2. The fourth-order valence-electron chi connectivity index (χ4n) is 3.12. The summed E-state index contributed by atoms with van der Waals surface area (Å²) in [6, 6.07) is 26.7. The molecule has 0 aliphatic carbocycles. The zero-order valence-corrected chi connectivity index (χ0v) is 18.2. The highest BCUT2D eigenvalue weighted by atomic mass is 35.5. The van der Waals surface area contributed by atoms with Gasteiger partial charge < -0.3 is 9.47 Å². The number of nitrogens with zero attached hydrogens (tertiary/aromatic N) is 1. The Balaban J connectivity index is 1.39. The van der Waals surface area contributed by atoms with Crippen molar-refractivity contribution in [3.05, 3.63) is 107 Å². The van der Waals surface area contributed by atoms with Crippen molar-refractivity contribution in [1.29, 1.82) is 0 Å². The van der Waals surface area contributed by atoms with Crippen molar-refractivity contribution in [2.24, 2.45) is 5.10 Å². The molecule has 0 unspecified atom stereocenters. The minimum Gasteiger partial charge on any atom is -0.484 e. The lowest BCUT2D eigenvalue weighted by atomic mass is 10.0. The third-order valence-electron chi connectivity index (χ3n) is 4.71. The van der Waals surface area contributed by atoms with E-state index >= 15 is 0 Å². The number of rotatable bonds is 7. The van der Waals surface area contributed by atoms with E-state index in [1.807, 2.05) is 36.4 Å². The van der Waals surface area contributed by atoms with Crippen LogP contribution in [0.3, 0.4) is 0 Å². The van der Waals surface area contributed by atoms with E-state index in [2.05, 4.69) is 10.5 Å². The third kappa shape index (κ3) is 5.75. The standard InChI is InChI=1S/C26H19ClN2O4/c27-20-12-14-21(15-13-20)32-17-25(30)29-28-16-19-7-2-4-11-24(19)33-26(31)23-10-5-8-18-6-1-3-9-22(18)23/h1-16H,17H2,(H,29,30)/b28-16-. The number of fused-ring (bicyclic) bond motifs is 1. The number of hydrogen-bond donors (Lipinski definition) is 1. The molecule has 0 aromatic heterocycles. The summed E-state index contributed by atoms with van der Waals surface area (Å²) in [6.45, 7) is -0.212. The lowest BCUT2D eigenvalue weighted by Gasteiger charge is -2.09. The van der Waals surface area contributed by atoms with E-state index in [9.17, 15) is 9.59 Å². The number of halogens is 1. The first-order valence-corrected chi connectivity index (χ1v) is 10.5. The van der Waals surface area contributed by atoms with Gasteiger partial charge in [0, 0.05) is 10.6 Å². The summed E-state index contributed by atoms with van der Waals surface area (Å²) < 4.78 is 11.0. The molecule has 0 saturated carbocycles. The molecule has 0 bridgehead atoms. The molecule has 0 fully saturated rings. The van der Waals surface area contributed by atoms with Crippen LogP contribution in [0.4, 0.5) is 0 Å². The first-order valence-electron chi connectivity index (χ1n) is 10.1. The Bertz CT molecular complexity index is 1310. The molecule has 0 aliphatic heterocycles. The third-order valence-corrected chi connectivity index (χ3v) is 4.96. The molecule has 6 nitrogen and oxygen atoms in total. The zero-order chi connectivity index (χ0) is 23.0. The smallest absolute Gasteiger partial charge is 0.344 e. The monoisotopic (exact) mass is 458 g/mol. The van der Waals surface area contributed by atoms with Crippen LogP contribution in [0.5, 0.6) is 11.5 Å². The molecule has 0 atom stereocenters. The number of ether oxygens (including phenoxy) is 2. The van der Waals surface area contributed by atoms with Gasteiger partial charge in [-0.15, -0.1) is 0 Å². The number of carbonyl (C=O) groups is 2. The quantitative estimate of drug-likeness (QED) is 0.178. The Labute approximate surface area is 195 Å². The van der Waals surface area contributed by atoms with Gasteiger partial charge in [0.1, 0.15) is 11.5 Å². The number of esters is 1. The first kappa shape index (κ1) is 22.0. The van der Waals surface area contributed by atoms with Gasteiger partial charge in [-0.2, -0.15) is 5.10 Å².